The number of carbonyl (C=O) groups excluding carboxylic acids is 1. The summed E-state index contributed by atoms with van der Waals surface area (Å²) < 4.78 is 17.0. The minimum atomic E-state index is -0.466. The Labute approximate surface area is 109 Å². The summed E-state index contributed by atoms with van der Waals surface area (Å²) in [6, 6.07) is 0. The number of fused-ring (bicyclic) bond motifs is 1. The fourth-order valence-corrected chi connectivity index (χ4v) is 2.85. The van der Waals surface area contributed by atoms with Gasteiger partial charge in [-0.2, -0.15) is 0 Å². The lowest BCUT2D eigenvalue weighted by Gasteiger charge is -2.22. The number of carbonyl (C=O) groups is 1. The Morgan fingerprint density at radius 1 is 1.22 bits per heavy atom. The normalized spacial score (nSPS) is 34.4. The van der Waals surface area contributed by atoms with Crippen LogP contribution in [-0.4, -0.2) is 29.6 Å². The molecule has 2 aliphatic rings. The van der Waals surface area contributed by atoms with Crippen molar-refractivity contribution in [2.45, 2.75) is 77.5 Å². The van der Waals surface area contributed by atoms with Crippen LogP contribution in [0.3, 0.4) is 0 Å². The molecule has 2 rings (SSSR count). The van der Waals surface area contributed by atoms with E-state index in [0.29, 0.717) is 12.3 Å². The number of hydrogen-bond acceptors (Lipinski definition) is 4. The van der Waals surface area contributed by atoms with Crippen molar-refractivity contribution in [3.8, 4) is 0 Å². The van der Waals surface area contributed by atoms with E-state index < -0.39 is 11.4 Å². The number of rotatable bonds is 2. The molecular formula is C14H24O4. The van der Waals surface area contributed by atoms with Crippen molar-refractivity contribution in [3.05, 3.63) is 0 Å². The molecular weight excluding hydrogens is 232 g/mol. The molecule has 1 saturated carbocycles. The largest absolute Gasteiger partial charge is 0.460 e. The zero-order chi connectivity index (χ0) is 13.6. The van der Waals surface area contributed by atoms with Gasteiger partial charge in [-0.05, 0) is 53.4 Å². The highest BCUT2D eigenvalue weighted by molar-refractivity contribution is 5.70. The van der Waals surface area contributed by atoms with Gasteiger partial charge in [-0.1, -0.05) is 0 Å². The molecule has 0 N–H and O–H groups in total. The van der Waals surface area contributed by atoms with Gasteiger partial charge in [0.15, 0.2) is 5.79 Å². The fourth-order valence-electron chi connectivity index (χ4n) is 2.85. The molecule has 1 aliphatic heterocycles. The van der Waals surface area contributed by atoms with Gasteiger partial charge >= 0.3 is 5.97 Å². The summed E-state index contributed by atoms with van der Waals surface area (Å²) in [5.41, 5.74) is -0.402. The first-order chi connectivity index (χ1) is 8.15. The molecule has 1 heterocycles. The zero-order valence-corrected chi connectivity index (χ0v) is 12.0. The molecule has 0 aromatic carbocycles. The Hall–Kier alpha value is -0.610. The van der Waals surface area contributed by atoms with Crippen LogP contribution in [-0.2, 0) is 19.0 Å². The van der Waals surface area contributed by atoms with Crippen molar-refractivity contribution in [2.75, 3.05) is 0 Å². The fraction of sp³-hybridized carbons (Fsp3) is 0.929. The highest BCUT2D eigenvalue weighted by Gasteiger charge is 2.47. The lowest BCUT2D eigenvalue weighted by molar-refractivity contribution is -0.160. The van der Waals surface area contributed by atoms with Crippen LogP contribution in [0.1, 0.15) is 53.9 Å². The lowest BCUT2D eigenvalue weighted by Crippen LogP contribution is -2.26. The average Bonchev–Trinajstić information content (AvgIpc) is 2.52. The average molecular weight is 256 g/mol. The summed E-state index contributed by atoms with van der Waals surface area (Å²) in [4.78, 5) is 11.8. The van der Waals surface area contributed by atoms with E-state index in [1.165, 1.54) is 0 Å². The highest BCUT2D eigenvalue weighted by atomic mass is 16.8. The first-order valence-corrected chi connectivity index (χ1v) is 6.72. The summed E-state index contributed by atoms with van der Waals surface area (Å²) in [6.45, 7) is 9.55. The minimum absolute atomic E-state index is 0.119. The Kier molecular flexibility index (Phi) is 3.45. The van der Waals surface area contributed by atoms with Gasteiger partial charge in [-0.3, -0.25) is 4.79 Å². The van der Waals surface area contributed by atoms with Crippen LogP contribution in [0.25, 0.3) is 0 Å². The third-order valence-electron chi connectivity index (χ3n) is 3.29. The molecule has 0 amide bonds. The molecule has 1 aliphatic carbocycles. The maximum atomic E-state index is 11.8. The summed E-state index contributed by atoms with van der Waals surface area (Å²) in [5, 5.41) is 0. The van der Waals surface area contributed by atoms with Gasteiger partial charge in [0.2, 0.25) is 0 Å². The van der Waals surface area contributed by atoms with Crippen LogP contribution in [0.2, 0.25) is 0 Å². The van der Waals surface area contributed by atoms with Crippen molar-refractivity contribution in [2.24, 2.45) is 5.92 Å². The van der Waals surface area contributed by atoms with Crippen LogP contribution in [0, 0.1) is 5.92 Å². The molecule has 18 heavy (non-hydrogen) atoms. The highest BCUT2D eigenvalue weighted by Crippen LogP contribution is 2.42. The second kappa shape index (κ2) is 4.49. The summed E-state index contributed by atoms with van der Waals surface area (Å²) in [6.07, 6.45) is 2.55. The van der Waals surface area contributed by atoms with Crippen LogP contribution in [0.5, 0.6) is 0 Å². The van der Waals surface area contributed by atoms with Gasteiger partial charge in [-0.15, -0.1) is 0 Å². The summed E-state index contributed by atoms with van der Waals surface area (Å²) >= 11 is 0. The lowest BCUT2D eigenvalue weighted by atomic mass is 10.0. The molecule has 4 heteroatoms. The van der Waals surface area contributed by atoms with Crippen molar-refractivity contribution in [1.82, 2.24) is 0 Å². The second-order valence-corrected chi connectivity index (χ2v) is 6.84. The van der Waals surface area contributed by atoms with Gasteiger partial charge < -0.3 is 14.2 Å². The minimum Gasteiger partial charge on any atom is -0.460 e. The SMILES string of the molecule is CC(C)(C)OC(=O)CC1C[C@@H]2OC(C)(C)O[C@@H]2C1. The van der Waals surface area contributed by atoms with Gasteiger partial charge in [0.05, 0.1) is 12.2 Å². The van der Waals surface area contributed by atoms with Gasteiger partial charge in [-0.25, -0.2) is 0 Å². The molecule has 1 unspecified atom stereocenters. The van der Waals surface area contributed by atoms with E-state index in [-0.39, 0.29) is 18.2 Å². The molecule has 2 fully saturated rings. The molecule has 4 nitrogen and oxygen atoms in total. The predicted octanol–water partition coefficient (Wildman–Crippen LogP) is 2.65. The molecule has 0 radical (unpaired) electrons. The van der Waals surface area contributed by atoms with Crippen molar-refractivity contribution in [1.29, 1.82) is 0 Å². The van der Waals surface area contributed by atoms with Crippen LogP contribution >= 0.6 is 0 Å². The van der Waals surface area contributed by atoms with E-state index in [4.69, 9.17) is 14.2 Å². The second-order valence-electron chi connectivity index (χ2n) is 6.84. The van der Waals surface area contributed by atoms with E-state index in [0.717, 1.165) is 12.8 Å². The smallest absolute Gasteiger partial charge is 0.306 e. The van der Waals surface area contributed by atoms with E-state index in [2.05, 4.69) is 0 Å². The molecule has 104 valence electrons. The van der Waals surface area contributed by atoms with E-state index in [1.54, 1.807) is 0 Å². The Bertz CT molecular complexity index is 313. The maximum Gasteiger partial charge on any atom is 0.306 e. The van der Waals surface area contributed by atoms with Crippen molar-refractivity contribution < 1.29 is 19.0 Å². The quantitative estimate of drug-likeness (QED) is 0.712. The molecule has 3 atom stereocenters. The maximum absolute atomic E-state index is 11.8. The van der Waals surface area contributed by atoms with E-state index >= 15 is 0 Å². The third kappa shape index (κ3) is 3.45. The first kappa shape index (κ1) is 13.8. The van der Waals surface area contributed by atoms with E-state index in [1.807, 2.05) is 34.6 Å². The molecule has 1 saturated heterocycles. The number of ether oxygens (including phenoxy) is 3. The molecule has 0 bridgehead atoms. The third-order valence-corrected chi connectivity index (χ3v) is 3.29. The molecule has 0 spiro atoms. The van der Waals surface area contributed by atoms with Crippen molar-refractivity contribution >= 4 is 5.97 Å². The monoisotopic (exact) mass is 256 g/mol. The van der Waals surface area contributed by atoms with Gasteiger partial charge in [0.1, 0.15) is 5.60 Å². The molecule has 0 aromatic rings. The van der Waals surface area contributed by atoms with Crippen molar-refractivity contribution in [3.63, 3.8) is 0 Å². The standard InChI is InChI=1S/C14H24O4/c1-13(2,3)18-12(15)8-9-6-10-11(7-9)17-14(4,5)16-10/h9-11H,6-8H2,1-5H3/t9?,10-,11+. The zero-order valence-electron chi connectivity index (χ0n) is 12.0. The predicted molar refractivity (Wildman–Crippen MR) is 67.0 cm³/mol. The Morgan fingerprint density at radius 2 is 1.72 bits per heavy atom. The Balaban J connectivity index is 1.80. The van der Waals surface area contributed by atoms with Gasteiger partial charge in [0, 0.05) is 6.42 Å². The number of hydrogen-bond donors (Lipinski definition) is 0. The van der Waals surface area contributed by atoms with E-state index in [9.17, 15) is 4.79 Å². The van der Waals surface area contributed by atoms with Crippen LogP contribution < -0.4 is 0 Å². The van der Waals surface area contributed by atoms with Crippen LogP contribution in [0.15, 0.2) is 0 Å². The van der Waals surface area contributed by atoms with Gasteiger partial charge in [0.25, 0.3) is 0 Å². The number of esters is 1. The van der Waals surface area contributed by atoms with Crippen LogP contribution in [0.4, 0.5) is 0 Å². The molecule has 0 aromatic heterocycles. The topological polar surface area (TPSA) is 44.8 Å². The summed E-state index contributed by atoms with van der Waals surface area (Å²) in [5.74, 6) is -0.260. The first-order valence-electron chi connectivity index (χ1n) is 6.72. The Morgan fingerprint density at radius 3 is 2.17 bits per heavy atom. The summed E-state index contributed by atoms with van der Waals surface area (Å²) in [7, 11) is 0.